The molecule has 2 unspecified atom stereocenters. The molecule has 2 aliphatic heterocycles. The van der Waals surface area contributed by atoms with Gasteiger partial charge in [-0.15, -0.1) is 0 Å². The van der Waals surface area contributed by atoms with E-state index in [0.717, 1.165) is 51.6 Å². The van der Waals surface area contributed by atoms with Crippen molar-refractivity contribution in [2.45, 2.75) is 65.5 Å². The van der Waals surface area contributed by atoms with E-state index in [1.807, 2.05) is 20.8 Å². The van der Waals surface area contributed by atoms with E-state index in [4.69, 9.17) is 14.5 Å². The summed E-state index contributed by atoms with van der Waals surface area (Å²) in [6.45, 7) is 17.2. The molecule has 0 aromatic heterocycles. The normalized spacial score (nSPS) is 22.3. The molecule has 0 bridgehead atoms. The highest BCUT2D eigenvalue weighted by atomic mass is 16.6. The van der Waals surface area contributed by atoms with E-state index in [9.17, 15) is 4.79 Å². The lowest BCUT2D eigenvalue weighted by Gasteiger charge is -2.34. The topological polar surface area (TPSA) is 78.4 Å². The van der Waals surface area contributed by atoms with Gasteiger partial charge in [0.1, 0.15) is 5.60 Å². The summed E-state index contributed by atoms with van der Waals surface area (Å²) in [5, 5.41) is 6.98. The van der Waals surface area contributed by atoms with Crippen molar-refractivity contribution in [2.75, 3.05) is 59.5 Å². The highest BCUT2D eigenvalue weighted by Crippen LogP contribution is 2.17. The number of likely N-dealkylation sites (tertiary alicyclic amines) is 1. The molecule has 0 aliphatic carbocycles. The van der Waals surface area contributed by atoms with Crippen LogP contribution in [0.15, 0.2) is 4.99 Å². The van der Waals surface area contributed by atoms with Gasteiger partial charge in [0.2, 0.25) is 0 Å². The molecule has 0 aromatic carbocycles. The van der Waals surface area contributed by atoms with Crippen molar-refractivity contribution in [3.05, 3.63) is 0 Å². The summed E-state index contributed by atoms with van der Waals surface area (Å²) in [5.74, 6) is 1.82. The first-order chi connectivity index (χ1) is 14.7. The number of hydrogen-bond donors (Lipinski definition) is 2. The van der Waals surface area contributed by atoms with Gasteiger partial charge in [-0.25, -0.2) is 4.79 Å². The van der Waals surface area contributed by atoms with Crippen molar-refractivity contribution in [3.8, 4) is 0 Å². The maximum Gasteiger partial charge on any atom is 0.410 e. The van der Waals surface area contributed by atoms with E-state index >= 15 is 0 Å². The molecule has 0 saturated carbocycles. The number of ether oxygens (including phenoxy) is 2. The van der Waals surface area contributed by atoms with Crippen LogP contribution >= 0.6 is 0 Å². The number of amides is 1. The Balaban J connectivity index is 1.74. The molecule has 2 heterocycles. The number of aliphatic imine (C=N–C) groups is 1. The molecule has 2 aliphatic rings. The van der Waals surface area contributed by atoms with Crippen LogP contribution in [0.3, 0.4) is 0 Å². The predicted octanol–water partition coefficient (Wildman–Crippen LogP) is 2.55. The number of nitrogens with zero attached hydrogens (tertiary/aromatic N) is 3. The number of piperidine rings is 1. The Bertz CT molecular complexity index is 564. The average Bonchev–Trinajstić information content (AvgIpc) is 3.19. The van der Waals surface area contributed by atoms with Gasteiger partial charge in [-0.05, 0) is 58.8 Å². The van der Waals surface area contributed by atoms with Crippen molar-refractivity contribution in [1.29, 1.82) is 0 Å². The Morgan fingerprint density at radius 2 is 2.00 bits per heavy atom. The van der Waals surface area contributed by atoms with E-state index < -0.39 is 5.60 Å². The fraction of sp³-hybridized carbons (Fsp3) is 0.913. The summed E-state index contributed by atoms with van der Waals surface area (Å²) < 4.78 is 10.9. The third-order valence-electron chi connectivity index (χ3n) is 5.66. The van der Waals surface area contributed by atoms with Crippen molar-refractivity contribution < 1.29 is 14.3 Å². The van der Waals surface area contributed by atoms with Crippen LogP contribution in [0.2, 0.25) is 0 Å². The average molecular weight is 440 g/mol. The summed E-state index contributed by atoms with van der Waals surface area (Å²) >= 11 is 0. The van der Waals surface area contributed by atoms with Crippen LogP contribution in [0.4, 0.5) is 4.79 Å². The fourth-order valence-electron chi connectivity index (χ4n) is 4.05. The van der Waals surface area contributed by atoms with Crippen molar-refractivity contribution in [3.63, 3.8) is 0 Å². The van der Waals surface area contributed by atoms with Crippen LogP contribution in [0.5, 0.6) is 0 Å². The van der Waals surface area contributed by atoms with Crippen molar-refractivity contribution in [1.82, 2.24) is 20.4 Å². The van der Waals surface area contributed by atoms with Crippen LogP contribution in [-0.2, 0) is 9.47 Å². The molecule has 2 fully saturated rings. The first-order valence-corrected chi connectivity index (χ1v) is 11.9. The zero-order chi connectivity index (χ0) is 22.9. The molecule has 2 N–H and O–H groups in total. The number of hydrogen-bond acceptors (Lipinski definition) is 5. The second-order valence-corrected chi connectivity index (χ2v) is 10.1. The van der Waals surface area contributed by atoms with E-state index in [0.29, 0.717) is 25.0 Å². The van der Waals surface area contributed by atoms with Crippen molar-refractivity contribution >= 4 is 12.1 Å². The summed E-state index contributed by atoms with van der Waals surface area (Å²) in [6.07, 6.45) is 3.19. The lowest BCUT2D eigenvalue weighted by Crippen LogP contribution is -2.49. The van der Waals surface area contributed by atoms with Gasteiger partial charge in [0, 0.05) is 59.0 Å². The molecular weight excluding hydrogens is 394 g/mol. The predicted molar refractivity (Wildman–Crippen MR) is 126 cm³/mol. The highest BCUT2D eigenvalue weighted by Gasteiger charge is 2.24. The molecule has 0 radical (unpaired) electrons. The van der Waals surface area contributed by atoms with Crippen LogP contribution in [0.25, 0.3) is 0 Å². The van der Waals surface area contributed by atoms with Gasteiger partial charge in [-0.1, -0.05) is 6.92 Å². The van der Waals surface area contributed by atoms with E-state index in [-0.39, 0.29) is 12.0 Å². The lowest BCUT2D eigenvalue weighted by atomic mass is 10.0. The molecule has 8 nitrogen and oxygen atoms in total. The maximum atomic E-state index is 12.2. The standard InChI is InChI=1S/C23H45N5O3/c1-7-24-21(25-14-18(2)15-27(6)22(29)31-23(3,4)5)26-20-8-11-28(12-9-20)16-19-10-13-30-17-19/h18-20H,7-17H2,1-6H3,(H2,24,25,26). The molecule has 0 aromatic rings. The Hall–Kier alpha value is -1.54. The quantitative estimate of drug-likeness (QED) is 0.447. The number of nitrogens with one attached hydrogen (secondary N) is 2. The Kier molecular flexibility index (Phi) is 10.4. The summed E-state index contributed by atoms with van der Waals surface area (Å²) in [5.41, 5.74) is -0.477. The van der Waals surface area contributed by atoms with Gasteiger partial charge in [0.15, 0.2) is 5.96 Å². The Labute approximate surface area is 189 Å². The lowest BCUT2D eigenvalue weighted by molar-refractivity contribution is 0.0279. The third kappa shape index (κ3) is 10.1. The first-order valence-electron chi connectivity index (χ1n) is 11.9. The van der Waals surface area contributed by atoms with E-state index in [2.05, 4.69) is 29.4 Å². The van der Waals surface area contributed by atoms with E-state index in [1.165, 1.54) is 13.0 Å². The number of carbonyl (C=O) groups excluding carboxylic acids is 1. The van der Waals surface area contributed by atoms with Gasteiger partial charge in [-0.3, -0.25) is 4.99 Å². The molecule has 2 saturated heterocycles. The first kappa shape index (κ1) is 25.7. The molecule has 31 heavy (non-hydrogen) atoms. The molecule has 2 atom stereocenters. The minimum absolute atomic E-state index is 0.239. The Morgan fingerprint density at radius 3 is 2.58 bits per heavy atom. The molecule has 8 heteroatoms. The molecule has 180 valence electrons. The number of carbonyl (C=O) groups is 1. The van der Waals surface area contributed by atoms with Gasteiger partial charge < -0.3 is 29.9 Å². The van der Waals surface area contributed by atoms with Crippen LogP contribution < -0.4 is 10.6 Å². The summed E-state index contributed by atoms with van der Waals surface area (Å²) in [4.78, 5) is 21.2. The van der Waals surface area contributed by atoms with Gasteiger partial charge in [0.05, 0.1) is 6.61 Å². The van der Waals surface area contributed by atoms with Gasteiger partial charge in [0.25, 0.3) is 0 Å². The van der Waals surface area contributed by atoms with Crippen LogP contribution in [-0.4, -0.2) is 93.0 Å². The minimum atomic E-state index is -0.477. The molecule has 1 amide bonds. The van der Waals surface area contributed by atoms with Crippen LogP contribution in [0, 0.1) is 11.8 Å². The summed E-state index contributed by atoms with van der Waals surface area (Å²) in [7, 11) is 1.78. The second-order valence-electron chi connectivity index (χ2n) is 10.1. The largest absolute Gasteiger partial charge is 0.444 e. The molecular formula is C23H45N5O3. The SMILES string of the molecule is CCNC(=NCC(C)CN(C)C(=O)OC(C)(C)C)NC1CCN(CC2CCOC2)CC1. The molecule has 2 rings (SSSR count). The maximum absolute atomic E-state index is 12.2. The van der Waals surface area contributed by atoms with E-state index in [1.54, 1.807) is 11.9 Å². The smallest absolute Gasteiger partial charge is 0.410 e. The van der Waals surface area contributed by atoms with Crippen LogP contribution in [0.1, 0.15) is 53.9 Å². The zero-order valence-electron chi connectivity index (χ0n) is 20.6. The van der Waals surface area contributed by atoms with Gasteiger partial charge in [-0.2, -0.15) is 0 Å². The fourth-order valence-corrected chi connectivity index (χ4v) is 4.05. The highest BCUT2D eigenvalue weighted by molar-refractivity contribution is 5.80. The Morgan fingerprint density at radius 1 is 1.29 bits per heavy atom. The van der Waals surface area contributed by atoms with Gasteiger partial charge >= 0.3 is 6.09 Å². The summed E-state index contributed by atoms with van der Waals surface area (Å²) in [6, 6.07) is 0.452. The number of guanidine groups is 1. The second kappa shape index (κ2) is 12.5. The van der Waals surface area contributed by atoms with Crippen molar-refractivity contribution in [2.24, 2.45) is 16.8 Å². The zero-order valence-corrected chi connectivity index (χ0v) is 20.6. The third-order valence-corrected chi connectivity index (χ3v) is 5.66. The minimum Gasteiger partial charge on any atom is -0.444 e. The monoisotopic (exact) mass is 439 g/mol. The molecule has 0 spiro atoms. The number of rotatable bonds is 8.